The van der Waals surface area contributed by atoms with E-state index in [1.165, 1.54) is 4.31 Å². The summed E-state index contributed by atoms with van der Waals surface area (Å²) in [5, 5.41) is 0.240. The van der Waals surface area contributed by atoms with Gasteiger partial charge in [0.2, 0.25) is 15.9 Å². The highest BCUT2D eigenvalue weighted by molar-refractivity contribution is 7.89. The van der Waals surface area contributed by atoms with Gasteiger partial charge in [-0.1, -0.05) is 30.7 Å². The second kappa shape index (κ2) is 8.90. The van der Waals surface area contributed by atoms with E-state index in [2.05, 4.69) is 0 Å². The van der Waals surface area contributed by atoms with Gasteiger partial charge in [-0.3, -0.25) is 4.79 Å². The lowest BCUT2D eigenvalue weighted by molar-refractivity contribution is -0.139. The molecule has 2 fully saturated rings. The first-order chi connectivity index (χ1) is 12.9. The minimum atomic E-state index is -3.61. The average molecular weight is 415 g/mol. The van der Waals surface area contributed by atoms with E-state index >= 15 is 0 Å². The quantitative estimate of drug-likeness (QED) is 0.742. The summed E-state index contributed by atoms with van der Waals surface area (Å²) in [5.41, 5.74) is 0. The molecular weight excluding hydrogens is 388 g/mol. The highest BCUT2D eigenvalue weighted by Crippen LogP contribution is 2.29. The second-order valence-corrected chi connectivity index (χ2v) is 9.38. The summed E-state index contributed by atoms with van der Waals surface area (Å²) in [6.45, 7) is 4.03. The standard InChI is InChI=1S/C19H27ClN2O4S/c1-2-19(23)22(16-9-13-26-14-10-16)15-7-11-21(12-8-15)27(24,25)18-6-4-3-5-17(18)20/h3-6,15-16H,2,7-14H2,1H3. The number of sulfonamides is 1. The van der Waals surface area contributed by atoms with Gasteiger partial charge in [0.15, 0.2) is 0 Å². The summed E-state index contributed by atoms with van der Waals surface area (Å²) < 4.78 is 32.8. The van der Waals surface area contributed by atoms with Gasteiger partial charge in [-0.05, 0) is 37.8 Å². The first-order valence-electron chi connectivity index (χ1n) is 9.58. The Hall–Kier alpha value is -1.15. The van der Waals surface area contributed by atoms with Crippen LogP contribution in [0.25, 0.3) is 0 Å². The molecule has 0 unspecified atom stereocenters. The van der Waals surface area contributed by atoms with Crippen molar-refractivity contribution in [2.24, 2.45) is 0 Å². The number of hydrogen-bond acceptors (Lipinski definition) is 4. The van der Waals surface area contributed by atoms with E-state index in [1.54, 1.807) is 24.3 Å². The van der Waals surface area contributed by atoms with E-state index in [4.69, 9.17) is 16.3 Å². The van der Waals surface area contributed by atoms with Gasteiger partial charge in [0.25, 0.3) is 0 Å². The van der Waals surface area contributed by atoms with Crippen LogP contribution in [0.3, 0.4) is 0 Å². The average Bonchev–Trinajstić information content (AvgIpc) is 2.69. The predicted octanol–water partition coefficient (Wildman–Crippen LogP) is 2.91. The zero-order valence-electron chi connectivity index (χ0n) is 15.6. The van der Waals surface area contributed by atoms with Gasteiger partial charge in [0.1, 0.15) is 4.90 Å². The summed E-state index contributed by atoms with van der Waals surface area (Å²) in [6.07, 6.45) is 3.46. The van der Waals surface area contributed by atoms with Crippen molar-refractivity contribution in [2.75, 3.05) is 26.3 Å². The van der Waals surface area contributed by atoms with Crippen LogP contribution in [0.5, 0.6) is 0 Å². The fraction of sp³-hybridized carbons (Fsp3) is 0.632. The fourth-order valence-corrected chi connectivity index (χ4v) is 5.97. The Morgan fingerprint density at radius 2 is 1.74 bits per heavy atom. The van der Waals surface area contributed by atoms with Crippen LogP contribution in [0, 0.1) is 0 Å². The SMILES string of the molecule is CCC(=O)N(C1CCOCC1)C1CCN(S(=O)(=O)c2ccccc2Cl)CC1. The van der Waals surface area contributed by atoms with E-state index in [0.717, 1.165) is 12.8 Å². The molecule has 1 aromatic rings. The zero-order chi connectivity index (χ0) is 19.4. The molecule has 27 heavy (non-hydrogen) atoms. The van der Waals surface area contributed by atoms with Crippen molar-refractivity contribution in [3.63, 3.8) is 0 Å². The van der Waals surface area contributed by atoms with Crippen LogP contribution in [0.2, 0.25) is 5.02 Å². The Kier molecular flexibility index (Phi) is 6.78. The Labute approximate surface area is 166 Å². The van der Waals surface area contributed by atoms with E-state index in [-0.39, 0.29) is 27.9 Å². The Morgan fingerprint density at radius 1 is 1.15 bits per heavy atom. The first kappa shape index (κ1) is 20.6. The number of halogens is 1. The van der Waals surface area contributed by atoms with Crippen molar-refractivity contribution in [3.8, 4) is 0 Å². The van der Waals surface area contributed by atoms with Crippen LogP contribution < -0.4 is 0 Å². The molecule has 0 aliphatic carbocycles. The molecule has 0 bridgehead atoms. The van der Waals surface area contributed by atoms with Crippen LogP contribution >= 0.6 is 11.6 Å². The van der Waals surface area contributed by atoms with Crippen molar-refractivity contribution in [1.29, 1.82) is 0 Å². The molecule has 1 amide bonds. The Balaban J connectivity index is 1.71. The number of piperidine rings is 1. The van der Waals surface area contributed by atoms with Crippen LogP contribution in [0.15, 0.2) is 29.2 Å². The minimum Gasteiger partial charge on any atom is -0.381 e. The van der Waals surface area contributed by atoms with Crippen LogP contribution in [0.1, 0.15) is 39.0 Å². The Morgan fingerprint density at radius 3 is 2.33 bits per heavy atom. The molecule has 2 saturated heterocycles. The van der Waals surface area contributed by atoms with E-state index < -0.39 is 10.0 Å². The lowest BCUT2D eigenvalue weighted by Crippen LogP contribution is -2.53. The van der Waals surface area contributed by atoms with Crippen molar-refractivity contribution in [2.45, 2.75) is 56.0 Å². The first-order valence-corrected chi connectivity index (χ1v) is 11.4. The van der Waals surface area contributed by atoms with Gasteiger partial charge in [-0.25, -0.2) is 8.42 Å². The third-order valence-electron chi connectivity index (χ3n) is 5.45. The van der Waals surface area contributed by atoms with E-state index in [1.807, 2.05) is 11.8 Å². The molecule has 0 saturated carbocycles. The maximum Gasteiger partial charge on any atom is 0.244 e. The summed E-state index contributed by atoms with van der Waals surface area (Å²) in [6, 6.07) is 6.81. The molecule has 2 heterocycles. The number of amides is 1. The lowest BCUT2D eigenvalue weighted by atomic mass is 9.98. The molecule has 2 aliphatic rings. The number of nitrogens with zero attached hydrogens (tertiary/aromatic N) is 2. The highest BCUT2D eigenvalue weighted by Gasteiger charge is 2.36. The topological polar surface area (TPSA) is 66.9 Å². The smallest absolute Gasteiger partial charge is 0.244 e. The lowest BCUT2D eigenvalue weighted by Gasteiger charge is -2.43. The normalized spacial score (nSPS) is 20.5. The van der Waals surface area contributed by atoms with Crippen LogP contribution in [0.4, 0.5) is 0 Å². The van der Waals surface area contributed by atoms with Gasteiger partial charge in [-0.15, -0.1) is 0 Å². The largest absolute Gasteiger partial charge is 0.381 e. The number of benzene rings is 1. The number of carbonyl (C=O) groups excluding carboxylic acids is 1. The number of ether oxygens (including phenoxy) is 1. The van der Waals surface area contributed by atoms with Gasteiger partial charge < -0.3 is 9.64 Å². The molecule has 2 aliphatic heterocycles. The van der Waals surface area contributed by atoms with Gasteiger partial charge in [-0.2, -0.15) is 4.31 Å². The van der Waals surface area contributed by atoms with Gasteiger partial charge in [0.05, 0.1) is 5.02 Å². The molecule has 0 atom stereocenters. The maximum atomic E-state index is 12.9. The summed E-state index contributed by atoms with van der Waals surface area (Å²) in [5.74, 6) is 0.148. The summed E-state index contributed by atoms with van der Waals surface area (Å²) in [7, 11) is -3.61. The van der Waals surface area contributed by atoms with Gasteiger partial charge >= 0.3 is 0 Å². The fourth-order valence-electron chi connectivity index (χ4n) is 4.01. The maximum absolute atomic E-state index is 12.9. The number of hydrogen-bond donors (Lipinski definition) is 0. The molecule has 6 nitrogen and oxygen atoms in total. The molecule has 3 rings (SSSR count). The molecule has 0 N–H and O–H groups in total. The van der Waals surface area contributed by atoms with Crippen molar-refractivity contribution < 1.29 is 17.9 Å². The third kappa shape index (κ3) is 4.47. The summed E-state index contributed by atoms with van der Waals surface area (Å²) in [4.78, 5) is 14.8. The van der Waals surface area contributed by atoms with Crippen LogP contribution in [-0.2, 0) is 19.6 Å². The molecule has 8 heteroatoms. The van der Waals surface area contributed by atoms with Gasteiger partial charge in [0, 0.05) is 44.8 Å². The molecule has 1 aromatic carbocycles. The highest BCUT2D eigenvalue weighted by atomic mass is 35.5. The zero-order valence-corrected chi connectivity index (χ0v) is 17.2. The minimum absolute atomic E-state index is 0.0817. The third-order valence-corrected chi connectivity index (χ3v) is 7.84. The van der Waals surface area contributed by atoms with Crippen molar-refractivity contribution >= 4 is 27.5 Å². The number of carbonyl (C=O) groups is 1. The molecule has 0 radical (unpaired) electrons. The monoisotopic (exact) mass is 414 g/mol. The second-order valence-electron chi connectivity index (χ2n) is 7.06. The van der Waals surface area contributed by atoms with Crippen molar-refractivity contribution in [3.05, 3.63) is 29.3 Å². The van der Waals surface area contributed by atoms with Crippen LogP contribution in [-0.4, -0.2) is 61.9 Å². The Bertz CT molecular complexity index is 757. The summed E-state index contributed by atoms with van der Waals surface area (Å²) >= 11 is 6.10. The molecule has 0 spiro atoms. The number of rotatable bonds is 5. The van der Waals surface area contributed by atoms with E-state index in [0.29, 0.717) is 45.6 Å². The molecular formula is C19H27ClN2O4S. The molecule has 150 valence electrons. The van der Waals surface area contributed by atoms with E-state index in [9.17, 15) is 13.2 Å². The predicted molar refractivity (Wildman–Crippen MR) is 104 cm³/mol. The molecule has 0 aromatic heterocycles. The van der Waals surface area contributed by atoms with Crippen molar-refractivity contribution in [1.82, 2.24) is 9.21 Å².